The molecule has 0 spiro atoms. The summed E-state index contributed by atoms with van der Waals surface area (Å²) in [4.78, 5) is 29.0. The fourth-order valence-electron chi connectivity index (χ4n) is 2.52. The Balaban J connectivity index is 1.76. The lowest BCUT2D eigenvalue weighted by atomic mass is 10.1. The largest absolute Gasteiger partial charge is 0.348 e. The number of amides is 1. The lowest BCUT2D eigenvalue weighted by Gasteiger charge is -2.15. The Morgan fingerprint density at radius 3 is 2.72 bits per heavy atom. The molecule has 1 atom stereocenters. The first-order valence-corrected chi connectivity index (χ1v) is 8.80. The smallest absolute Gasteiger partial charge is 0.261 e. The van der Waals surface area contributed by atoms with Crippen molar-refractivity contribution in [3.8, 4) is 0 Å². The van der Waals surface area contributed by atoms with Crippen LogP contribution in [0.1, 0.15) is 18.5 Å². The van der Waals surface area contributed by atoms with E-state index in [1.807, 2.05) is 25.1 Å². The Hall–Kier alpha value is -2.18. The predicted molar refractivity (Wildman–Crippen MR) is 102 cm³/mol. The number of hydrogen-bond acceptors (Lipinski definition) is 3. The van der Waals surface area contributed by atoms with Gasteiger partial charge >= 0.3 is 0 Å². The molecule has 0 aliphatic carbocycles. The molecule has 2 aromatic carbocycles. The minimum Gasteiger partial charge on any atom is -0.348 e. The van der Waals surface area contributed by atoms with Gasteiger partial charge in [-0.2, -0.15) is 0 Å². The molecule has 0 bridgehead atoms. The average Bonchev–Trinajstić information content (AvgIpc) is 2.58. The SMILES string of the molecule is CC(NC(=O)Cn1cnc2ccc(Br)cc2c1=O)c1ccc(Cl)cc1. The van der Waals surface area contributed by atoms with Crippen molar-refractivity contribution in [1.29, 1.82) is 0 Å². The molecule has 0 aliphatic rings. The van der Waals surface area contributed by atoms with Crippen molar-refractivity contribution in [3.05, 3.63) is 74.2 Å². The first kappa shape index (κ1) is 17.6. The molecule has 1 unspecified atom stereocenters. The lowest BCUT2D eigenvalue weighted by molar-refractivity contribution is -0.122. The number of benzene rings is 2. The highest BCUT2D eigenvalue weighted by Gasteiger charge is 2.12. The molecule has 7 heteroatoms. The zero-order chi connectivity index (χ0) is 18.0. The van der Waals surface area contributed by atoms with Crippen molar-refractivity contribution in [2.45, 2.75) is 19.5 Å². The summed E-state index contributed by atoms with van der Waals surface area (Å²) in [6.07, 6.45) is 1.39. The molecule has 1 N–H and O–H groups in total. The van der Waals surface area contributed by atoms with Gasteiger partial charge in [0.25, 0.3) is 5.56 Å². The van der Waals surface area contributed by atoms with Crippen LogP contribution in [0.3, 0.4) is 0 Å². The number of nitrogens with one attached hydrogen (secondary N) is 1. The van der Waals surface area contributed by atoms with Crippen LogP contribution < -0.4 is 10.9 Å². The third-order valence-corrected chi connectivity index (χ3v) is 4.59. The monoisotopic (exact) mass is 419 g/mol. The number of fused-ring (bicyclic) bond motifs is 1. The summed E-state index contributed by atoms with van der Waals surface area (Å²) in [5.74, 6) is -0.263. The molecule has 3 rings (SSSR count). The Morgan fingerprint density at radius 2 is 2.00 bits per heavy atom. The molecule has 0 fully saturated rings. The van der Waals surface area contributed by atoms with Crippen LogP contribution in [0.5, 0.6) is 0 Å². The van der Waals surface area contributed by atoms with E-state index in [1.165, 1.54) is 10.9 Å². The molecule has 1 amide bonds. The molecule has 1 aromatic heterocycles. The second-order valence-electron chi connectivity index (χ2n) is 5.68. The number of hydrogen-bond donors (Lipinski definition) is 1. The Morgan fingerprint density at radius 1 is 1.28 bits per heavy atom. The third-order valence-electron chi connectivity index (χ3n) is 3.85. The molecule has 0 saturated carbocycles. The van der Waals surface area contributed by atoms with E-state index in [9.17, 15) is 9.59 Å². The molecule has 1 heterocycles. The third kappa shape index (κ3) is 4.08. The Bertz CT molecular complexity index is 986. The zero-order valence-electron chi connectivity index (χ0n) is 13.4. The molecule has 3 aromatic rings. The maximum atomic E-state index is 12.5. The maximum Gasteiger partial charge on any atom is 0.261 e. The zero-order valence-corrected chi connectivity index (χ0v) is 15.7. The van der Waals surface area contributed by atoms with Gasteiger partial charge in [0, 0.05) is 9.50 Å². The van der Waals surface area contributed by atoms with Gasteiger partial charge in [0.05, 0.1) is 23.3 Å². The van der Waals surface area contributed by atoms with Crippen LogP contribution in [-0.2, 0) is 11.3 Å². The summed E-state index contributed by atoms with van der Waals surface area (Å²) in [6, 6.07) is 12.3. The van der Waals surface area contributed by atoms with Gasteiger partial charge in [-0.25, -0.2) is 4.98 Å². The van der Waals surface area contributed by atoms with Gasteiger partial charge in [-0.1, -0.05) is 39.7 Å². The summed E-state index contributed by atoms with van der Waals surface area (Å²) in [5.41, 5.74) is 1.28. The van der Waals surface area contributed by atoms with Gasteiger partial charge in [-0.05, 0) is 42.8 Å². The van der Waals surface area contributed by atoms with E-state index in [1.54, 1.807) is 24.3 Å². The van der Waals surface area contributed by atoms with Crippen molar-refractivity contribution in [2.24, 2.45) is 0 Å². The van der Waals surface area contributed by atoms with Gasteiger partial charge in [0.2, 0.25) is 5.91 Å². The van der Waals surface area contributed by atoms with E-state index in [0.717, 1.165) is 10.0 Å². The highest BCUT2D eigenvalue weighted by molar-refractivity contribution is 9.10. The minimum absolute atomic E-state index is 0.0911. The highest BCUT2D eigenvalue weighted by atomic mass is 79.9. The number of nitrogens with zero attached hydrogens (tertiary/aromatic N) is 2. The summed E-state index contributed by atoms with van der Waals surface area (Å²) >= 11 is 9.21. The van der Waals surface area contributed by atoms with Crippen molar-refractivity contribution in [1.82, 2.24) is 14.9 Å². The van der Waals surface area contributed by atoms with Crippen molar-refractivity contribution < 1.29 is 4.79 Å². The second kappa shape index (κ2) is 7.37. The summed E-state index contributed by atoms with van der Waals surface area (Å²) in [6.45, 7) is 1.78. The Labute approximate surface area is 157 Å². The summed E-state index contributed by atoms with van der Waals surface area (Å²) in [7, 11) is 0. The van der Waals surface area contributed by atoms with Crippen LogP contribution >= 0.6 is 27.5 Å². The van der Waals surface area contributed by atoms with Crippen molar-refractivity contribution in [3.63, 3.8) is 0 Å². The van der Waals surface area contributed by atoms with E-state index in [-0.39, 0.29) is 24.1 Å². The number of aromatic nitrogens is 2. The van der Waals surface area contributed by atoms with E-state index in [0.29, 0.717) is 15.9 Å². The van der Waals surface area contributed by atoms with Crippen LogP contribution in [0.15, 0.2) is 58.1 Å². The van der Waals surface area contributed by atoms with Gasteiger partial charge in [-0.3, -0.25) is 14.2 Å². The first-order chi connectivity index (χ1) is 11.9. The quantitative estimate of drug-likeness (QED) is 0.700. The number of carbonyl (C=O) groups excluding carboxylic acids is 1. The minimum atomic E-state index is -0.263. The van der Waals surface area contributed by atoms with Gasteiger partial charge in [-0.15, -0.1) is 0 Å². The molecular weight excluding hydrogens is 406 g/mol. The summed E-state index contributed by atoms with van der Waals surface area (Å²) < 4.78 is 2.09. The van der Waals surface area contributed by atoms with Gasteiger partial charge in [0.15, 0.2) is 0 Å². The fourth-order valence-corrected chi connectivity index (χ4v) is 3.01. The predicted octanol–water partition coefficient (Wildman–Crippen LogP) is 3.69. The lowest BCUT2D eigenvalue weighted by Crippen LogP contribution is -2.34. The highest BCUT2D eigenvalue weighted by Crippen LogP contribution is 2.16. The molecule has 25 heavy (non-hydrogen) atoms. The van der Waals surface area contributed by atoms with E-state index in [2.05, 4.69) is 26.2 Å². The van der Waals surface area contributed by atoms with Crippen LogP contribution in [0.25, 0.3) is 10.9 Å². The summed E-state index contributed by atoms with van der Waals surface area (Å²) in [5, 5.41) is 3.98. The molecule has 0 aliphatic heterocycles. The number of halogens is 2. The van der Waals surface area contributed by atoms with Crippen molar-refractivity contribution >= 4 is 44.3 Å². The van der Waals surface area contributed by atoms with Crippen molar-refractivity contribution in [2.75, 3.05) is 0 Å². The fraction of sp³-hybridized carbons (Fsp3) is 0.167. The number of carbonyl (C=O) groups is 1. The van der Waals surface area contributed by atoms with Gasteiger partial charge in [0.1, 0.15) is 6.54 Å². The van der Waals surface area contributed by atoms with Gasteiger partial charge < -0.3 is 5.32 Å². The maximum absolute atomic E-state index is 12.5. The molecular formula is C18H15BrClN3O2. The normalized spacial score (nSPS) is 12.1. The van der Waals surface area contributed by atoms with Crippen LogP contribution in [0, 0.1) is 0 Å². The van der Waals surface area contributed by atoms with Crippen LogP contribution in [-0.4, -0.2) is 15.5 Å². The van der Waals surface area contributed by atoms with E-state index in [4.69, 9.17) is 11.6 Å². The van der Waals surface area contributed by atoms with E-state index < -0.39 is 0 Å². The van der Waals surface area contributed by atoms with Crippen LogP contribution in [0.4, 0.5) is 0 Å². The number of rotatable bonds is 4. The topological polar surface area (TPSA) is 64.0 Å². The first-order valence-electron chi connectivity index (χ1n) is 7.63. The molecule has 0 saturated heterocycles. The second-order valence-corrected chi connectivity index (χ2v) is 7.03. The molecule has 0 radical (unpaired) electrons. The average molecular weight is 421 g/mol. The molecule has 128 valence electrons. The van der Waals surface area contributed by atoms with Crippen LogP contribution in [0.2, 0.25) is 5.02 Å². The standard InChI is InChI=1S/C18H15BrClN3O2/c1-11(12-2-5-14(20)6-3-12)22-17(24)9-23-10-21-16-7-4-13(19)8-15(16)18(23)25/h2-8,10-11H,9H2,1H3,(H,22,24). The Kier molecular flexibility index (Phi) is 5.20. The molecule has 5 nitrogen and oxygen atoms in total. The van der Waals surface area contributed by atoms with E-state index >= 15 is 0 Å².